The molecule has 1 heterocycles. The number of nitrogens with one attached hydrogen (secondary N) is 1. The molecule has 1 saturated heterocycles. The van der Waals surface area contributed by atoms with Gasteiger partial charge in [-0.2, -0.15) is 0 Å². The predicted octanol–water partition coefficient (Wildman–Crippen LogP) is 1.78. The van der Waals surface area contributed by atoms with Gasteiger partial charge in [-0.05, 0) is 63.5 Å². The van der Waals surface area contributed by atoms with Crippen molar-refractivity contribution in [2.45, 2.75) is 57.9 Å². The number of nitrogens with zero attached hydrogens (tertiary/aromatic N) is 1. The third-order valence-corrected chi connectivity index (χ3v) is 5.03. The van der Waals surface area contributed by atoms with Crippen molar-refractivity contribution in [2.75, 3.05) is 26.2 Å². The lowest BCUT2D eigenvalue weighted by molar-refractivity contribution is -0.136. The monoisotopic (exact) mass is 282 g/mol. The molecule has 2 unspecified atom stereocenters. The van der Waals surface area contributed by atoms with Crippen molar-refractivity contribution in [3.8, 4) is 0 Å². The molecule has 20 heavy (non-hydrogen) atoms. The standard InChI is InChI=1S/C16H30N2O2/c1-13(14-5-3-8-17-12-14)11-16(20)18(9-4-10-19)15-6-2-7-15/h13-15,17,19H,2-12H2,1H3. The molecule has 0 aromatic carbocycles. The van der Waals surface area contributed by atoms with Gasteiger partial charge in [0, 0.05) is 25.6 Å². The smallest absolute Gasteiger partial charge is 0.223 e. The normalized spacial score (nSPS) is 25.0. The van der Waals surface area contributed by atoms with Gasteiger partial charge >= 0.3 is 0 Å². The lowest BCUT2D eigenvalue weighted by Crippen LogP contribution is -2.46. The van der Waals surface area contributed by atoms with E-state index in [1.165, 1.54) is 19.3 Å². The van der Waals surface area contributed by atoms with Crippen LogP contribution in [0.3, 0.4) is 0 Å². The summed E-state index contributed by atoms with van der Waals surface area (Å²) in [7, 11) is 0. The van der Waals surface area contributed by atoms with E-state index in [0.717, 1.165) is 32.5 Å². The van der Waals surface area contributed by atoms with E-state index in [-0.39, 0.29) is 6.61 Å². The predicted molar refractivity (Wildman–Crippen MR) is 80.4 cm³/mol. The second-order valence-electron chi connectivity index (χ2n) is 6.54. The number of carbonyl (C=O) groups is 1. The molecule has 1 amide bonds. The first-order chi connectivity index (χ1) is 9.72. The highest BCUT2D eigenvalue weighted by Crippen LogP contribution is 2.28. The van der Waals surface area contributed by atoms with Gasteiger partial charge < -0.3 is 15.3 Å². The minimum Gasteiger partial charge on any atom is -0.396 e. The van der Waals surface area contributed by atoms with Gasteiger partial charge in [-0.15, -0.1) is 0 Å². The molecule has 1 aliphatic carbocycles. The summed E-state index contributed by atoms with van der Waals surface area (Å²) in [5.41, 5.74) is 0. The van der Waals surface area contributed by atoms with Crippen LogP contribution in [0.25, 0.3) is 0 Å². The summed E-state index contributed by atoms with van der Waals surface area (Å²) < 4.78 is 0. The van der Waals surface area contributed by atoms with Gasteiger partial charge in [0.2, 0.25) is 5.91 Å². The van der Waals surface area contributed by atoms with Gasteiger partial charge in [0.25, 0.3) is 0 Å². The molecule has 0 radical (unpaired) electrons. The van der Waals surface area contributed by atoms with Crippen molar-refractivity contribution in [3.05, 3.63) is 0 Å². The van der Waals surface area contributed by atoms with Crippen LogP contribution in [0.15, 0.2) is 0 Å². The number of hydrogen-bond donors (Lipinski definition) is 2. The largest absolute Gasteiger partial charge is 0.396 e. The minimum atomic E-state index is 0.179. The Bertz CT molecular complexity index is 299. The van der Waals surface area contributed by atoms with Crippen LogP contribution in [0.4, 0.5) is 0 Å². The SMILES string of the molecule is CC(CC(=O)N(CCCO)C1CCC1)C1CCCNC1. The number of aliphatic hydroxyl groups is 1. The van der Waals surface area contributed by atoms with Crippen molar-refractivity contribution < 1.29 is 9.90 Å². The van der Waals surface area contributed by atoms with Crippen LogP contribution < -0.4 is 5.32 Å². The van der Waals surface area contributed by atoms with Gasteiger partial charge in [0.15, 0.2) is 0 Å². The lowest BCUT2D eigenvalue weighted by atomic mass is 9.84. The summed E-state index contributed by atoms with van der Waals surface area (Å²) in [6, 6.07) is 0.450. The Hall–Kier alpha value is -0.610. The van der Waals surface area contributed by atoms with Crippen molar-refractivity contribution in [3.63, 3.8) is 0 Å². The minimum absolute atomic E-state index is 0.179. The van der Waals surface area contributed by atoms with E-state index in [1.807, 2.05) is 4.90 Å². The van der Waals surface area contributed by atoms with Crippen LogP contribution in [-0.2, 0) is 4.79 Å². The zero-order chi connectivity index (χ0) is 14.4. The van der Waals surface area contributed by atoms with E-state index in [2.05, 4.69) is 12.2 Å². The fourth-order valence-corrected chi connectivity index (χ4v) is 3.37. The average molecular weight is 282 g/mol. The highest BCUT2D eigenvalue weighted by Gasteiger charge is 2.30. The highest BCUT2D eigenvalue weighted by molar-refractivity contribution is 5.77. The maximum absolute atomic E-state index is 12.6. The number of piperidine rings is 1. The summed E-state index contributed by atoms with van der Waals surface area (Å²) in [6.45, 7) is 5.32. The summed E-state index contributed by atoms with van der Waals surface area (Å²) >= 11 is 0. The summed E-state index contributed by atoms with van der Waals surface area (Å²) in [5, 5.41) is 12.4. The Morgan fingerprint density at radius 2 is 2.15 bits per heavy atom. The fourth-order valence-electron chi connectivity index (χ4n) is 3.37. The van der Waals surface area contributed by atoms with E-state index in [0.29, 0.717) is 36.6 Å². The Labute approximate surface area is 122 Å². The summed E-state index contributed by atoms with van der Waals surface area (Å²) in [4.78, 5) is 14.6. The van der Waals surface area contributed by atoms with Crippen molar-refractivity contribution in [1.29, 1.82) is 0 Å². The molecular formula is C16H30N2O2. The van der Waals surface area contributed by atoms with Crippen molar-refractivity contribution >= 4 is 5.91 Å². The van der Waals surface area contributed by atoms with Gasteiger partial charge in [-0.3, -0.25) is 4.79 Å². The van der Waals surface area contributed by atoms with E-state index < -0.39 is 0 Å². The second-order valence-corrected chi connectivity index (χ2v) is 6.54. The van der Waals surface area contributed by atoms with Crippen LogP contribution in [0.2, 0.25) is 0 Å². The van der Waals surface area contributed by atoms with Crippen LogP contribution in [0.1, 0.15) is 51.9 Å². The molecule has 116 valence electrons. The number of aliphatic hydroxyl groups excluding tert-OH is 1. The molecule has 0 bridgehead atoms. The van der Waals surface area contributed by atoms with Crippen molar-refractivity contribution in [1.82, 2.24) is 10.2 Å². The lowest BCUT2D eigenvalue weighted by Gasteiger charge is -2.39. The van der Waals surface area contributed by atoms with E-state index in [9.17, 15) is 4.79 Å². The average Bonchev–Trinajstić information content (AvgIpc) is 2.42. The summed E-state index contributed by atoms with van der Waals surface area (Å²) in [5.74, 6) is 1.42. The first kappa shape index (κ1) is 15.8. The maximum atomic E-state index is 12.6. The first-order valence-corrected chi connectivity index (χ1v) is 8.33. The Morgan fingerprint density at radius 1 is 1.35 bits per heavy atom. The number of carbonyl (C=O) groups excluding carboxylic acids is 1. The third kappa shape index (κ3) is 4.19. The van der Waals surface area contributed by atoms with Gasteiger partial charge in [-0.1, -0.05) is 6.92 Å². The molecule has 2 fully saturated rings. The molecule has 0 aromatic heterocycles. The fraction of sp³-hybridized carbons (Fsp3) is 0.938. The molecule has 0 spiro atoms. The Morgan fingerprint density at radius 3 is 2.70 bits per heavy atom. The van der Waals surface area contributed by atoms with Crippen LogP contribution in [0.5, 0.6) is 0 Å². The number of amides is 1. The zero-order valence-electron chi connectivity index (χ0n) is 12.8. The van der Waals surface area contributed by atoms with Crippen LogP contribution in [0, 0.1) is 11.8 Å². The van der Waals surface area contributed by atoms with E-state index >= 15 is 0 Å². The van der Waals surface area contributed by atoms with Crippen LogP contribution >= 0.6 is 0 Å². The maximum Gasteiger partial charge on any atom is 0.223 e. The Balaban J connectivity index is 1.82. The molecule has 1 aliphatic heterocycles. The number of hydrogen-bond acceptors (Lipinski definition) is 3. The molecule has 2 rings (SSSR count). The quantitative estimate of drug-likeness (QED) is 0.748. The van der Waals surface area contributed by atoms with E-state index in [1.54, 1.807) is 0 Å². The topological polar surface area (TPSA) is 52.6 Å². The molecule has 0 aromatic rings. The second kappa shape index (κ2) is 7.99. The molecule has 4 heteroatoms. The molecule has 2 aliphatic rings. The van der Waals surface area contributed by atoms with E-state index in [4.69, 9.17) is 5.11 Å². The molecule has 2 N–H and O–H groups in total. The zero-order valence-corrected chi connectivity index (χ0v) is 12.8. The molecule has 1 saturated carbocycles. The van der Waals surface area contributed by atoms with Gasteiger partial charge in [0.05, 0.1) is 0 Å². The molecular weight excluding hydrogens is 252 g/mol. The van der Waals surface area contributed by atoms with Crippen LogP contribution in [-0.4, -0.2) is 48.2 Å². The highest BCUT2D eigenvalue weighted by atomic mass is 16.3. The van der Waals surface area contributed by atoms with Gasteiger partial charge in [-0.25, -0.2) is 0 Å². The van der Waals surface area contributed by atoms with Crippen molar-refractivity contribution in [2.24, 2.45) is 11.8 Å². The molecule has 4 nitrogen and oxygen atoms in total. The summed E-state index contributed by atoms with van der Waals surface area (Å²) in [6.07, 6.45) is 7.42. The Kier molecular flexibility index (Phi) is 6.30. The molecule has 2 atom stereocenters. The third-order valence-electron chi connectivity index (χ3n) is 5.03. The van der Waals surface area contributed by atoms with Gasteiger partial charge in [0.1, 0.15) is 0 Å². The number of rotatable bonds is 7. The first-order valence-electron chi connectivity index (χ1n) is 8.33.